The van der Waals surface area contributed by atoms with Crippen molar-refractivity contribution in [1.29, 1.82) is 0 Å². The van der Waals surface area contributed by atoms with E-state index in [0.717, 1.165) is 0 Å². The number of halogens is 13. The summed E-state index contributed by atoms with van der Waals surface area (Å²) in [5, 5.41) is -6.08. The zero-order valence-corrected chi connectivity index (χ0v) is 18.9. The molecule has 3 aromatic carbocycles. The van der Waals surface area contributed by atoms with Crippen molar-refractivity contribution in [3.63, 3.8) is 0 Å². The van der Waals surface area contributed by atoms with E-state index in [9.17, 15) is 57.5 Å². The Labute approximate surface area is 204 Å². The summed E-state index contributed by atoms with van der Waals surface area (Å²) in [5.41, 5.74) is 0. The van der Waals surface area contributed by atoms with Gasteiger partial charge in [-0.15, -0.1) is 0 Å². The maximum absolute atomic E-state index is 14.4. The molecule has 16 heteroatoms. The number of benzene rings is 3. The second-order valence-electron chi connectivity index (χ2n) is 6.22. The van der Waals surface area contributed by atoms with Crippen molar-refractivity contribution in [3.05, 3.63) is 88.0 Å². The molecule has 0 aromatic heterocycles. The molecule has 0 heterocycles. The van der Waals surface area contributed by atoms with E-state index in [1.807, 2.05) is 0 Å². The molecule has 0 fully saturated rings. The Morgan fingerprint density at radius 3 is 0.824 bits per heavy atom. The van der Waals surface area contributed by atoms with Crippen molar-refractivity contribution in [2.75, 3.05) is 0 Å². The molecule has 0 aliphatic heterocycles. The fraction of sp³-hybridized carbons (Fsp3) is 0. The molecule has 1 nitrogen and oxygen atoms in total. The van der Waals surface area contributed by atoms with Gasteiger partial charge in [-0.25, -0.2) is 52.7 Å². The van der Waals surface area contributed by atoms with Crippen LogP contribution in [0.1, 0.15) is 0 Å². The monoisotopic (exact) mass is 550 g/mol. The zero-order valence-electron chi connectivity index (χ0n) is 15.8. The minimum atomic E-state index is -6.58. The molecule has 0 saturated heterocycles. The van der Waals surface area contributed by atoms with Gasteiger partial charge in [0.25, 0.3) is 0 Å². The molecule has 3 aromatic rings. The Bertz CT molecular complexity index is 1140. The molecule has 0 aliphatic rings. The topological polar surface area (TPSA) is 23.1 Å². The van der Waals surface area contributed by atoms with Crippen LogP contribution in [0.25, 0.3) is 0 Å². The van der Waals surface area contributed by atoms with Gasteiger partial charge in [0.2, 0.25) is 0 Å². The molecule has 178 valence electrons. The first-order chi connectivity index (χ1) is 14.7. The third kappa shape index (κ3) is 4.39. The average molecular weight is 551 g/mol. The van der Waals surface area contributed by atoms with Crippen LogP contribution in [0.2, 0.25) is 0 Å². The smallest absolute Gasteiger partial charge is 1.00 e. The van der Waals surface area contributed by atoms with Gasteiger partial charge in [0.05, 0.1) is 8.32 Å². The molecule has 0 aliphatic carbocycles. The zero-order chi connectivity index (χ0) is 24.3. The Balaban J connectivity index is 0.00000289. The fourth-order valence-electron chi connectivity index (χ4n) is 2.92. The van der Waals surface area contributed by atoms with E-state index in [1.165, 1.54) is 0 Å². The Morgan fingerprint density at radius 2 is 0.618 bits per heavy atom. The van der Waals surface area contributed by atoms with Crippen LogP contribution in [0.15, 0.2) is 18.2 Å². The van der Waals surface area contributed by atoms with E-state index < -0.39 is 112 Å². The second-order valence-corrected chi connectivity index (χ2v) is 9.20. The van der Waals surface area contributed by atoms with E-state index in [2.05, 4.69) is 0 Å². The maximum Gasteiger partial charge on any atom is 2.00 e. The minimum Gasteiger partial charge on any atom is -1.00 e. The maximum atomic E-state index is 14.4. The molecule has 34 heavy (non-hydrogen) atoms. The Hall–Kier alpha value is -1.95. The standard InChI is InChI=1S/C18H3F12OSi.ClH.Mg/c19-4-1-7(13(25)16(28)10(4)22)32(31,8-2-5(20)11(23)17(29)14(8)26)9-3-6(21)12(24)18(30)15(9)27;;/h1-3H;1H;/q-1;;+2/p-1. The molecule has 0 saturated carbocycles. The molecule has 0 atom stereocenters. The van der Waals surface area contributed by atoms with Crippen LogP contribution in [0.3, 0.4) is 0 Å². The minimum absolute atomic E-state index is 0. The summed E-state index contributed by atoms with van der Waals surface area (Å²) in [6.45, 7) is 0. The largest absolute Gasteiger partial charge is 2.00 e. The molecule has 0 radical (unpaired) electrons. The molecular formula is C18H3ClF12MgOSi. The first kappa shape index (κ1) is 30.1. The van der Waals surface area contributed by atoms with Crippen LogP contribution in [0, 0.1) is 69.8 Å². The van der Waals surface area contributed by atoms with Crippen molar-refractivity contribution >= 4 is 46.9 Å². The van der Waals surface area contributed by atoms with E-state index >= 15 is 0 Å². The fourth-order valence-corrected chi connectivity index (χ4v) is 6.04. The SMILES string of the molecule is [Cl-].[Mg+2].[O-][Si](c1cc(F)c(F)c(F)c1F)(c1cc(F)c(F)c(F)c1F)c1cc(F)c(F)c(F)c1F. The summed E-state index contributed by atoms with van der Waals surface area (Å²) in [6, 6.07) is -1.36. The first-order valence-electron chi connectivity index (χ1n) is 7.95. The van der Waals surface area contributed by atoms with Crippen LogP contribution in [0.4, 0.5) is 52.7 Å². The number of rotatable bonds is 3. The molecule has 0 unspecified atom stereocenters. The van der Waals surface area contributed by atoms with Gasteiger partial charge in [-0.3, -0.25) is 0 Å². The van der Waals surface area contributed by atoms with E-state index in [-0.39, 0.29) is 35.5 Å². The van der Waals surface area contributed by atoms with Crippen LogP contribution in [-0.4, -0.2) is 31.4 Å². The molecule has 0 spiro atoms. The molecule has 0 N–H and O–H groups in total. The van der Waals surface area contributed by atoms with Gasteiger partial charge in [0.15, 0.2) is 69.8 Å². The average Bonchev–Trinajstić information content (AvgIpc) is 2.76. The second kappa shape index (κ2) is 10.4. The van der Waals surface area contributed by atoms with E-state index in [1.54, 1.807) is 0 Å². The van der Waals surface area contributed by atoms with E-state index in [4.69, 9.17) is 0 Å². The van der Waals surface area contributed by atoms with Gasteiger partial charge in [0, 0.05) is 0 Å². The first-order valence-corrected chi connectivity index (χ1v) is 9.86. The molecule has 3 rings (SSSR count). The predicted octanol–water partition coefficient (Wildman–Crippen LogP) is -0.694. The van der Waals surface area contributed by atoms with Crippen molar-refractivity contribution in [3.8, 4) is 0 Å². The third-order valence-electron chi connectivity index (χ3n) is 4.45. The summed E-state index contributed by atoms with van der Waals surface area (Å²) in [4.78, 5) is 13.7. The van der Waals surface area contributed by atoms with Crippen molar-refractivity contribution in [2.24, 2.45) is 0 Å². The van der Waals surface area contributed by atoms with Crippen LogP contribution >= 0.6 is 0 Å². The summed E-state index contributed by atoms with van der Waals surface area (Å²) < 4.78 is 166. The third-order valence-corrected chi connectivity index (χ3v) is 7.81. The van der Waals surface area contributed by atoms with Gasteiger partial charge < -0.3 is 17.2 Å². The summed E-state index contributed by atoms with van der Waals surface area (Å²) in [6.07, 6.45) is 0. The normalized spacial score (nSPS) is 11.2. The number of hydrogen-bond acceptors (Lipinski definition) is 1. The summed E-state index contributed by atoms with van der Waals surface area (Å²) in [7, 11) is -6.58. The molecule has 0 bridgehead atoms. The van der Waals surface area contributed by atoms with Crippen molar-refractivity contribution in [2.45, 2.75) is 0 Å². The van der Waals surface area contributed by atoms with Crippen LogP contribution in [0.5, 0.6) is 0 Å². The molecule has 0 amide bonds. The van der Waals surface area contributed by atoms with Gasteiger partial charge in [-0.05, 0) is 33.8 Å². The van der Waals surface area contributed by atoms with Gasteiger partial charge in [0.1, 0.15) is 0 Å². The van der Waals surface area contributed by atoms with Crippen molar-refractivity contribution < 1.29 is 69.9 Å². The molecular weight excluding hydrogens is 548 g/mol. The number of hydrogen-bond donors (Lipinski definition) is 0. The van der Waals surface area contributed by atoms with Gasteiger partial charge >= 0.3 is 23.1 Å². The Kier molecular flexibility index (Phi) is 9.16. The van der Waals surface area contributed by atoms with Crippen LogP contribution in [-0.2, 0) is 0 Å². The Morgan fingerprint density at radius 1 is 0.412 bits per heavy atom. The van der Waals surface area contributed by atoms with Crippen LogP contribution < -0.4 is 32.8 Å². The predicted molar refractivity (Wildman–Crippen MR) is 89.2 cm³/mol. The van der Waals surface area contributed by atoms with Gasteiger partial charge in [-0.2, -0.15) is 0 Å². The summed E-state index contributed by atoms with van der Waals surface area (Å²) in [5.74, 6) is -30.6. The quantitative estimate of drug-likeness (QED) is 0.139. The van der Waals surface area contributed by atoms with E-state index in [0.29, 0.717) is 0 Å². The van der Waals surface area contributed by atoms with Crippen molar-refractivity contribution in [1.82, 2.24) is 0 Å². The summed E-state index contributed by atoms with van der Waals surface area (Å²) >= 11 is 0. The van der Waals surface area contributed by atoms with Gasteiger partial charge in [-0.1, -0.05) is 0 Å².